The van der Waals surface area contributed by atoms with E-state index in [9.17, 15) is 0 Å². The maximum Gasteiger partial charge on any atom is 0.209 e. The van der Waals surface area contributed by atoms with Crippen molar-refractivity contribution in [3.05, 3.63) is 57.5 Å². The van der Waals surface area contributed by atoms with Crippen molar-refractivity contribution in [2.75, 3.05) is 31.1 Å². The van der Waals surface area contributed by atoms with Crippen molar-refractivity contribution < 1.29 is 4.90 Å². The van der Waals surface area contributed by atoms with Gasteiger partial charge in [-0.25, -0.2) is 4.68 Å². The minimum absolute atomic E-state index is 0.343. The highest BCUT2D eigenvalue weighted by atomic mass is 32.1. The first-order valence-corrected chi connectivity index (χ1v) is 11.0. The Morgan fingerprint density at radius 2 is 1.96 bits per heavy atom. The third kappa shape index (κ3) is 3.82. The van der Waals surface area contributed by atoms with Crippen molar-refractivity contribution in [1.29, 1.82) is 0 Å². The molecule has 0 spiro atoms. The normalized spacial score (nSPS) is 16.5. The van der Waals surface area contributed by atoms with E-state index in [0.29, 0.717) is 6.04 Å². The number of hydrogen-bond acceptors (Lipinski definition) is 5. The smallest absolute Gasteiger partial charge is 0.209 e. The average molecular weight is 398 g/mol. The molecule has 148 valence electrons. The van der Waals surface area contributed by atoms with Crippen LogP contribution in [0, 0.1) is 13.8 Å². The van der Waals surface area contributed by atoms with Gasteiger partial charge in [0.2, 0.25) is 5.82 Å². The number of tetrazole rings is 1. The number of nitrogens with one attached hydrogen (secondary N) is 1. The lowest BCUT2D eigenvalue weighted by atomic mass is 10.1. The summed E-state index contributed by atoms with van der Waals surface area (Å²) < 4.78 is 1.99. The van der Waals surface area contributed by atoms with Gasteiger partial charge in [0.05, 0.1) is 32.7 Å². The molecule has 2 aromatic heterocycles. The molecule has 0 amide bonds. The number of quaternary nitrogens is 1. The largest absolute Gasteiger partial charge is 0.360 e. The SMILES string of the molecule is CC[C@H](c1nnnn1Cc1cccs1)[NH+]1CCN(c2cccc(C)c2C)CC1. The Hall–Kier alpha value is -2.25. The van der Waals surface area contributed by atoms with E-state index in [2.05, 4.69) is 76.9 Å². The highest BCUT2D eigenvalue weighted by molar-refractivity contribution is 7.09. The van der Waals surface area contributed by atoms with E-state index in [-0.39, 0.29) is 0 Å². The molecule has 1 aromatic carbocycles. The maximum absolute atomic E-state index is 4.42. The molecular weight excluding hydrogens is 368 g/mol. The highest BCUT2D eigenvalue weighted by Crippen LogP contribution is 2.23. The molecule has 7 heteroatoms. The summed E-state index contributed by atoms with van der Waals surface area (Å²) in [5, 5.41) is 14.8. The van der Waals surface area contributed by atoms with Crippen LogP contribution in [0.5, 0.6) is 0 Å². The summed E-state index contributed by atoms with van der Waals surface area (Å²) in [5.74, 6) is 1.02. The molecule has 1 atom stereocenters. The van der Waals surface area contributed by atoms with Crippen molar-refractivity contribution in [2.45, 2.75) is 39.8 Å². The van der Waals surface area contributed by atoms with Crippen LogP contribution in [-0.2, 0) is 6.54 Å². The summed E-state index contributed by atoms with van der Waals surface area (Å²) in [5.41, 5.74) is 4.15. The summed E-state index contributed by atoms with van der Waals surface area (Å²) in [6.07, 6.45) is 1.05. The zero-order valence-electron chi connectivity index (χ0n) is 16.9. The summed E-state index contributed by atoms with van der Waals surface area (Å²) in [6, 6.07) is 11.2. The van der Waals surface area contributed by atoms with Gasteiger partial charge in [-0.15, -0.1) is 16.4 Å². The fourth-order valence-corrected chi connectivity index (χ4v) is 4.93. The third-order valence-corrected chi connectivity index (χ3v) is 6.84. The molecule has 0 bridgehead atoms. The van der Waals surface area contributed by atoms with Gasteiger partial charge < -0.3 is 9.80 Å². The van der Waals surface area contributed by atoms with E-state index in [1.165, 1.54) is 21.7 Å². The van der Waals surface area contributed by atoms with Crippen molar-refractivity contribution >= 4 is 17.0 Å². The number of hydrogen-bond donors (Lipinski definition) is 1. The predicted octanol–water partition coefficient (Wildman–Crippen LogP) is 2.26. The number of benzene rings is 1. The summed E-state index contributed by atoms with van der Waals surface area (Å²) in [6.45, 7) is 11.8. The number of thiophene rings is 1. The number of piperazine rings is 1. The van der Waals surface area contributed by atoms with E-state index < -0.39 is 0 Å². The monoisotopic (exact) mass is 397 g/mol. The van der Waals surface area contributed by atoms with Crippen LogP contribution in [0.3, 0.4) is 0 Å². The second-order valence-corrected chi connectivity index (χ2v) is 8.63. The molecule has 1 N–H and O–H groups in total. The first-order chi connectivity index (χ1) is 13.7. The Labute approximate surface area is 170 Å². The molecule has 0 radical (unpaired) electrons. The number of rotatable bonds is 6. The molecule has 1 aliphatic heterocycles. The highest BCUT2D eigenvalue weighted by Gasteiger charge is 2.31. The Morgan fingerprint density at radius 1 is 1.14 bits per heavy atom. The first kappa shape index (κ1) is 19.1. The van der Waals surface area contributed by atoms with Gasteiger partial charge >= 0.3 is 0 Å². The van der Waals surface area contributed by atoms with E-state index in [1.807, 2.05) is 4.68 Å². The molecule has 6 nitrogen and oxygen atoms in total. The number of aryl methyl sites for hydroxylation is 1. The van der Waals surface area contributed by atoms with Gasteiger partial charge in [-0.3, -0.25) is 0 Å². The maximum atomic E-state index is 4.42. The topological polar surface area (TPSA) is 51.3 Å². The Morgan fingerprint density at radius 3 is 2.68 bits per heavy atom. The molecule has 0 unspecified atom stereocenters. The van der Waals surface area contributed by atoms with Crippen LogP contribution in [-0.4, -0.2) is 46.4 Å². The van der Waals surface area contributed by atoms with Gasteiger partial charge in [0, 0.05) is 17.0 Å². The lowest BCUT2D eigenvalue weighted by Gasteiger charge is -2.37. The summed E-state index contributed by atoms with van der Waals surface area (Å²) in [4.78, 5) is 5.41. The number of aromatic nitrogens is 4. The van der Waals surface area contributed by atoms with E-state index >= 15 is 0 Å². The summed E-state index contributed by atoms with van der Waals surface area (Å²) >= 11 is 1.76. The molecule has 28 heavy (non-hydrogen) atoms. The fraction of sp³-hybridized carbons (Fsp3) is 0.476. The zero-order valence-corrected chi connectivity index (χ0v) is 17.7. The molecule has 3 heterocycles. The van der Waals surface area contributed by atoms with Crippen LogP contribution in [0.15, 0.2) is 35.7 Å². The zero-order chi connectivity index (χ0) is 19.5. The van der Waals surface area contributed by atoms with Gasteiger partial charge in [-0.1, -0.05) is 25.1 Å². The summed E-state index contributed by atoms with van der Waals surface area (Å²) in [7, 11) is 0. The van der Waals surface area contributed by atoms with Crippen molar-refractivity contribution in [3.63, 3.8) is 0 Å². The van der Waals surface area contributed by atoms with Crippen molar-refractivity contribution in [1.82, 2.24) is 20.2 Å². The van der Waals surface area contributed by atoms with Gasteiger partial charge in [-0.2, -0.15) is 0 Å². The fourth-order valence-electron chi connectivity index (χ4n) is 4.24. The van der Waals surface area contributed by atoms with Gasteiger partial charge in [0.15, 0.2) is 0 Å². The Balaban J connectivity index is 1.46. The molecule has 0 saturated carbocycles. The molecule has 0 aliphatic carbocycles. The minimum Gasteiger partial charge on any atom is -0.360 e. The molecule has 3 aromatic rings. The van der Waals surface area contributed by atoms with Crippen LogP contribution in [0.2, 0.25) is 0 Å². The van der Waals surface area contributed by atoms with E-state index in [1.54, 1.807) is 16.2 Å². The third-order valence-electron chi connectivity index (χ3n) is 5.98. The van der Waals surface area contributed by atoms with Gasteiger partial charge in [0.1, 0.15) is 6.04 Å². The van der Waals surface area contributed by atoms with E-state index in [0.717, 1.165) is 45.0 Å². The van der Waals surface area contributed by atoms with Crippen molar-refractivity contribution in [3.8, 4) is 0 Å². The average Bonchev–Trinajstić information content (AvgIpc) is 3.38. The lowest BCUT2D eigenvalue weighted by Crippen LogP contribution is -3.15. The standard InChI is InChI=1S/C21H28N6S/c1-4-19(21-22-23-24-27(21)15-18-8-6-14-28-18)25-10-12-26(13-11-25)20-9-5-7-16(2)17(20)3/h5-9,14,19H,4,10-13,15H2,1-3H3/p+1/t19-/m1/s1. The number of anilines is 1. The van der Waals surface area contributed by atoms with Crippen LogP contribution >= 0.6 is 11.3 Å². The van der Waals surface area contributed by atoms with Crippen LogP contribution in [0.25, 0.3) is 0 Å². The van der Waals surface area contributed by atoms with E-state index in [4.69, 9.17) is 0 Å². The lowest BCUT2D eigenvalue weighted by molar-refractivity contribution is -0.933. The first-order valence-electron chi connectivity index (χ1n) is 10.1. The predicted molar refractivity (Wildman–Crippen MR) is 113 cm³/mol. The molecule has 1 fully saturated rings. The molecule has 1 aliphatic rings. The molecule has 4 rings (SSSR count). The van der Waals surface area contributed by atoms with Crippen LogP contribution in [0.1, 0.15) is 41.2 Å². The molecule has 1 saturated heterocycles. The van der Waals surface area contributed by atoms with Crippen LogP contribution in [0.4, 0.5) is 5.69 Å². The number of nitrogens with zero attached hydrogens (tertiary/aromatic N) is 5. The quantitative estimate of drug-likeness (QED) is 0.693. The van der Waals surface area contributed by atoms with Gasteiger partial charge in [-0.05, 0) is 52.9 Å². The molecular formula is C21H29N6S+. The second-order valence-electron chi connectivity index (χ2n) is 7.60. The Bertz CT molecular complexity index is 896. The minimum atomic E-state index is 0.343. The van der Waals surface area contributed by atoms with Crippen molar-refractivity contribution in [2.24, 2.45) is 0 Å². The Kier molecular flexibility index (Phi) is 5.73. The van der Waals surface area contributed by atoms with Crippen LogP contribution < -0.4 is 9.80 Å². The van der Waals surface area contributed by atoms with Gasteiger partial charge in [0.25, 0.3) is 0 Å². The second kappa shape index (κ2) is 8.41.